The molecule has 0 bridgehead atoms. The molecule has 1 aliphatic rings. The maximum absolute atomic E-state index is 13.4. The first-order valence-corrected chi connectivity index (χ1v) is 14.5. The Morgan fingerprint density at radius 1 is 0.895 bits per heavy atom. The number of nitrogens with one attached hydrogen (secondary N) is 2. The fourth-order valence-corrected chi connectivity index (χ4v) is 5.32. The van der Waals surface area contributed by atoms with Gasteiger partial charge in [0.2, 0.25) is 5.91 Å². The summed E-state index contributed by atoms with van der Waals surface area (Å²) >= 11 is 0. The molecule has 6 heteroatoms. The monoisotopic (exact) mass is 519 g/mol. The molecule has 0 radical (unpaired) electrons. The van der Waals surface area contributed by atoms with E-state index in [4.69, 9.17) is 0 Å². The summed E-state index contributed by atoms with van der Waals surface area (Å²) in [4.78, 5) is 41.3. The largest absolute Gasteiger partial charge is 0.353 e. The van der Waals surface area contributed by atoms with Crippen LogP contribution >= 0.6 is 0 Å². The summed E-state index contributed by atoms with van der Waals surface area (Å²) in [7, 11) is 0. The van der Waals surface area contributed by atoms with E-state index in [0.717, 1.165) is 31.2 Å². The Morgan fingerprint density at radius 2 is 1.55 bits per heavy atom. The number of benzene rings is 2. The topological polar surface area (TPSA) is 78.5 Å². The molecule has 2 aromatic rings. The minimum absolute atomic E-state index is 0.0443. The molecule has 206 valence electrons. The lowest BCUT2D eigenvalue weighted by Crippen LogP contribution is -2.43. The van der Waals surface area contributed by atoms with Crippen LogP contribution in [0.25, 0.3) is 0 Å². The second-order valence-electron chi connectivity index (χ2n) is 10.7. The summed E-state index contributed by atoms with van der Waals surface area (Å²) in [5.41, 5.74) is 2.09. The van der Waals surface area contributed by atoms with E-state index < -0.39 is 0 Å². The van der Waals surface area contributed by atoms with Crippen LogP contribution in [0.2, 0.25) is 0 Å². The highest BCUT2D eigenvalue weighted by Crippen LogP contribution is 2.19. The van der Waals surface area contributed by atoms with Gasteiger partial charge in [0, 0.05) is 42.2 Å². The van der Waals surface area contributed by atoms with E-state index in [1.165, 1.54) is 19.3 Å². The third-order valence-electron chi connectivity index (χ3n) is 7.34. The molecule has 2 aromatic carbocycles. The van der Waals surface area contributed by atoms with Crippen LogP contribution in [0, 0.1) is 5.92 Å². The van der Waals surface area contributed by atoms with E-state index in [2.05, 4.69) is 24.5 Å². The molecule has 0 spiro atoms. The van der Waals surface area contributed by atoms with Crippen LogP contribution in [0.15, 0.2) is 54.6 Å². The molecular weight excluding hydrogens is 474 g/mol. The normalized spacial score (nSPS) is 15.3. The summed E-state index contributed by atoms with van der Waals surface area (Å²) in [6.45, 7) is 7.45. The Hall–Kier alpha value is -3.15. The molecule has 1 saturated carbocycles. The van der Waals surface area contributed by atoms with Gasteiger partial charge in [0.05, 0.1) is 0 Å². The van der Waals surface area contributed by atoms with Gasteiger partial charge in [0.15, 0.2) is 0 Å². The maximum Gasteiger partial charge on any atom is 0.253 e. The predicted octanol–water partition coefficient (Wildman–Crippen LogP) is 5.77. The number of amides is 3. The van der Waals surface area contributed by atoms with Gasteiger partial charge in [0.1, 0.15) is 0 Å². The first kappa shape index (κ1) is 29.4. The molecule has 38 heavy (non-hydrogen) atoms. The number of hydrogen-bond donors (Lipinski definition) is 2. The number of carbonyl (C=O) groups excluding carboxylic acids is 3. The van der Waals surface area contributed by atoms with Crippen LogP contribution in [-0.2, 0) is 11.2 Å². The van der Waals surface area contributed by atoms with Crippen LogP contribution in [0.5, 0.6) is 0 Å². The summed E-state index contributed by atoms with van der Waals surface area (Å²) in [6, 6.07) is 17.1. The van der Waals surface area contributed by atoms with E-state index in [9.17, 15) is 14.4 Å². The van der Waals surface area contributed by atoms with Gasteiger partial charge < -0.3 is 15.5 Å². The first-order valence-electron chi connectivity index (χ1n) is 14.5. The predicted molar refractivity (Wildman–Crippen MR) is 153 cm³/mol. The SMILES string of the molecule is CCCN(CCC)C(=O)c1cccc(C(=O)NC(Cc2ccccc2)C[C@@H](C)C(=O)NC2CCCCC2)c1. The maximum atomic E-state index is 13.4. The molecule has 0 aromatic heterocycles. The molecule has 1 aliphatic carbocycles. The number of nitrogens with zero attached hydrogens (tertiary/aromatic N) is 1. The zero-order valence-electron chi connectivity index (χ0n) is 23.4. The van der Waals surface area contributed by atoms with Gasteiger partial charge in [-0.2, -0.15) is 0 Å². The fraction of sp³-hybridized carbons (Fsp3) is 0.531. The van der Waals surface area contributed by atoms with E-state index in [1.807, 2.05) is 42.2 Å². The van der Waals surface area contributed by atoms with Gasteiger partial charge >= 0.3 is 0 Å². The molecule has 3 rings (SSSR count). The summed E-state index contributed by atoms with van der Waals surface area (Å²) in [5.74, 6) is -0.436. The standard InChI is InChI=1S/C32H45N3O3/c1-4-19-35(20-5-2)32(38)27-16-12-15-26(23-27)31(37)34-29(22-25-13-8-6-9-14-25)21-24(3)30(36)33-28-17-10-7-11-18-28/h6,8-9,12-16,23-24,28-29H,4-5,7,10-11,17-22H2,1-3H3,(H,33,36)(H,34,37)/t24-,29?/m1/s1. The van der Waals surface area contributed by atoms with Crippen molar-refractivity contribution in [1.29, 1.82) is 0 Å². The fourth-order valence-electron chi connectivity index (χ4n) is 5.32. The molecular formula is C32H45N3O3. The van der Waals surface area contributed by atoms with Crippen LogP contribution in [0.4, 0.5) is 0 Å². The van der Waals surface area contributed by atoms with E-state index in [0.29, 0.717) is 37.1 Å². The average molecular weight is 520 g/mol. The minimum atomic E-state index is -0.226. The average Bonchev–Trinajstić information content (AvgIpc) is 2.93. The van der Waals surface area contributed by atoms with Crippen LogP contribution in [0.3, 0.4) is 0 Å². The molecule has 2 N–H and O–H groups in total. The Morgan fingerprint density at radius 3 is 2.21 bits per heavy atom. The number of rotatable bonds is 13. The van der Waals surface area contributed by atoms with E-state index in [1.54, 1.807) is 24.3 Å². The highest BCUT2D eigenvalue weighted by Gasteiger charge is 2.24. The Balaban J connectivity index is 1.71. The third-order valence-corrected chi connectivity index (χ3v) is 7.34. The molecule has 3 amide bonds. The lowest BCUT2D eigenvalue weighted by molar-refractivity contribution is -0.125. The zero-order chi connectivity index (χ0) is 27.3. The van der Waals surface area contributed by atoms with Gasteiger partial charge in [0.25, 0.3) is 11.8 Å². The Labute approximate surface area is 228 Å². The molecule has 1 unspecified atom stereocenters. The smallest absolute Gasteiger partial charge is 0.253 e. The van der Waals surface area contributed by atoms with Crippen molar-refractivity contribution in [3.05, 3.63) is 71.3 Å². The van der Waals surface area contributed by atoms with E-state index >= 15 is 0 Å². The van der Waals surface area contributed by atoms with Gasteiger partial charge in [-0.25, -0.2) is 0 Å². The highest BCUT2D eigenvalue weighted by molar-refractivity contribution is 5.99. The van der Waals surface area contributed by atoms with E-state index in [-0.39, 0.29) is 35.7 Å². The van der Waals surface area contributed by atoms with Gasteiger partial charge in [-0.15, -0.1) is 0 Å². The molecule has 0 heterocycles. The van der Waals surface area contributed by atoms with Crippen molar-refractivity contribution < 1.29 is 14.4 Å². The first-order chi connectivity index (χ1) is 18.4. The summed E-state index contributed by atoms with van der Waals surface area (Å²) in [6.07, 6.45) is 8.63. The van der Waals surface area contributed by atoms with Crippen LogP contribution in [0.1, 0.15) is 98.4 Å². The molecule has 2 atom stereocenters. The second-order valence-corrected chi connectivity index (χ2v) is 10.7. The van der Waals surface area contributed by atoms with Gasteiger partial charge in [-0.1, -0.05) is 76.4 Å². The van der Waals surface area contributed by atoms with Crippen LogP contribution < -0.4 is 10.6 Å². The lowest BCUT2D eigenvalue weighted by atomic mass is 9.92. The van der Waals surface area contributed by atoms with Crippen molar-refractivity contribution in [2.24, 2.45) is 5.92 Å². The minimum Gasteiger partial charge on any atom is -0.353 e. The zero-order valence-corrected chi connectivity index (χ0v) is 23.4. The van der Waals surface area contributed by atoms with Gasteiger partial charge in [-0.05, 0) is 62.3 Å². The molecule has 1 fully saturated rings. The van der Waals surface area contributed by atoms with Crippen molar-refractivity contribution in [3.63, 3.8) is 0 Å². The van der Waals surface area contributed by atoms with Crippen molar-refractivity contribution in [1.82, 2.24) is 15.5 Å². The Kier molecular flexibility index (Phi) is 11.8. The quantitative estimate of drug-likeness (QED) is 0.353. The lowest BCUT2D eigenvalue weighted by Gasteiger charge is -2.26. The second kappa shape index (κ2) is 15.3. The number of hydrogen-bond acceptors (Lipinski definition) is 3. The van der Waals surface area contributed by atoms with Crippen molar-refractivity contribution in [2.45, 2.75) is 90.6 Å². The van der Waals surface area contributed by atoms with Crippen molar-refractivity contribution in [3.8, 4) is 0 Å². The molecule has 0 saturated heterocycles. The van der Waals surface area contributed by atoms with Crippen LogP contribution in [-0.4, -0.2) is 47.8 Å². The van der Waals surface area contributed by atoms with Crippen molar-refractivity contribution in [2.75, 3.05) is 13.1 Å². The summed E-state index contributed by atoms with van der Waals surface area (Å²) in [5, 5.41) is 6.40. The molecule has 6 nitrogen and oxygen atoms in total. The van der Waals surface area contributed by atoms with Gasteiger partial charge in [-0.3, -0.25) is 14.4 Å². The molecule has 0 aliphatic heterocycles. The Bertz CT molecular complexity index is 1030. The summed E-state index contributed by atoms with van der Waals surface area (Å²) < 4.78 is 0. The highest BCUT2D eigenvalue weighted by atomic mass is 16.2. The number of carbonyl (C=O) groups is 3. The van der Waals surface area contributed by atoms with Crippen molar-refractivity contribution >= 4 is 17.7 Å². The third kappa shape index (κ3) is 9.00.